The van der Waals surface area contributed by atoms with Gasteiger partial charge >= 0.3 is 0 Å². The number of hydrogen-bond donors (Lipinski definition) is 1. The Balaban J connectivity index is 1.52. The summed E-state index contributed by atoms with van der Waals surface area (Å²) < 4.78 is 18.2. The fourth-order valence-corrected chi connectivity index (χ4v) is 5.18. The molecule has 0 radical (unpaired) electrons. The van der Waals surface area contributed by atoms with E-state index in [1.165, 1.54) is 18.0 Å². The molecule has 230 valence electrons. The highest BCUT2D eigenvalue weighted by atomic mass is 35.5. The molecular weight excluding hydrogens is 592 g/mol. The van der Waals surface area contributed by atoms with Gasteiger partial charge in [-0.1, -0.05) is 55.8 Å². The van der Waals surface area contributed by atoms with Crippen LogP contribution in [0.3, 0.4) is 0 Å². The maximum Gasteiger partial charge on any atom is 0.282 e. The zero-order valence-corrected chi connectivity index (χ0v) is 26.4. The number of nitrogens with one attached hydrogen (secondary N) is 1. The summed E-state index contributed by atoms with van der Waals surface area (Å²) in [6.45, 7) is 5.83. The van der Waals surface area contributed by atoms with Crippen LogP contribution >= 0.6 is 11.6 Å². The number of rotatable bonds is 10. The number of anilines is 1. The number of aryl methyl sites for hydroxylation is 1. The standard InChI is InChI=1S/C35H33ClN4O5/c1-21(2)26-18-27(22(3)15-30(26)43-4)34-39-29-14-10-9-13-25(29)35(42)40(34)37-19-23-16-28(36)33(31(17-23)44-5)45-20-32(41)38-24-11-7-6-8-12-24/h6-19,21H,20H2,1-5H3,(H,38,41). The van der Waals surface area contributed by atoms with E-state index in [4.69, 9.17) is 30.8 Å². The Kier molecular flexibility index (Phi) is 9.49. The number of ether oxygens (including phenoxy) is 3. The summed E-state index contributed by atoms with van der Waals surface area (Å²) in [6.07, 6.45) is 1.50. The lowest BCUT2D eigenvalue weighted by atomic mass is 9.96. The molecule has 0 atom stereocenters. The fourth-order valence-electron chi connectivity index (χ4n) is 4.91. The van der Waals surface area contributed by atoms with E-state index >= 15 is 0 Å². The van der Waals surface area contributed by atoms with Crippen LogP contribution < -0.4 is 25.1 Å². The van der Waals surface area contributed by atoms with Crippen LogP contribution in [-0.2, 0) is 4.79 Å². The van der Waals surface area contributed by atoms with Crippen molar-refractivity contribution in [3.63, 3.8) is 0 Å². The molecule has 1 aromatic heterocycles. The van der Waals surface area contributed by atoms with Gasteiger partial charge in [-0.05, 0) is 78.1 Å². The molecule has 1 N–H and O–H groups in total. The van der Waals surface area contributed by atoms with Crippen LogP contribution in [0, 0.1) is 6.92 Å². The van der Waals surface area contributed by atoms with Crippen molar-refractivity contribution in [3.8, 4) is 28.6 Å². The first-order valence-corrected chi connectivity index (χ1v) is 14.7. The Morgan fingerprint density at radius 1 is 1.00 bits per heavy atom. The predicted molar refractivity (Wildman–Crippen MR) is 178 cm³/mol. The first-order valence-electron chi connectivity index (χ1n) is 14.3. The first kappa shape index (κ1) is 31.3. The zero-order chi connectivity index (χ0) is 32.1. The largest absolute Gasteiger partial charge is 0.496 e. The number of halogens is 1. The average molecular weight is 625 g/mol. The summed E-state index contributed by atoms with van der Waals surface area (Å²) in [7, 11) is 3.11. The third-order valence-electron chi connectivity index (χ3n) is 7.17. The summed E-state index contributed by atoms with van der Waals surface area (Å²) >= 11 is 6.58. The molecule has 0 aliphatic heterocycles. The highest BCUT2D eigenvalue weighted by Gasteiger charge is 2.19. The summed E-state index contributed by atoms with van der Waals surface area (Å²) in [4.78, 5) is 31.1. The normalized spacial score (nSPS) is 11.3. The number of nitrogens with zero attached hydrogens (tertiary/aromatic N) is 3. The van der Waals surface area contributed by atoms with Gasteiger partial charge in [0.25, 0.3) is 11.5 Å². The molecule has 5 rings (SSSR count). The predicted octanol–water partition coefficient (Wildman–Crippen LogP) is 7.07. The molecule has 1 amide bonds. The summed E-state index contributed by atoms with van der Waals surface area (Å²) in [5, 5.41) is 8.00. The van der Waals surface area contributed by atoms with E-state index in [-0.39, 0.29) is 34.8 Å². The maximum atomic E-state index is 13.8. The monoisotopic (exact) mass is 624 g/mol. The first-order chi connectivity index (χ1) is 21.7. The van der Waals surface area contributed by atoms with Crippen LogP contribution in [0.25, 0.3) is 22.3 Å². The number of fused-ring (bicyclic) bond motifs is 1. The van der Waals surface area contributed by atoms with Gasteiger partial charge in [0.15, 0.2) is 23.9 Å². The molecule has 0 unspecified atom stereocenters. The van der Waals surface area contributed by atoms with Crippen molar-refractivity contribution in [2.75, 3.05) is 26.1 Å². The molecule has 0 spiro atoms. The van der Waals surface area contributed by atoms with Crippen molar-refractivity contribution in [2.24, 2.45) is 5.10 Å². The Hall–Kier alpha value is -5.15. The molecule has 0 aliphatic carbocycles. The number of aromatic nitrogens is 2. The molecular formula is C35H33ClN4O5. The highest BCUT2D eigenvalue weighted by Crippen LogP contribution is 2.37. The molecule has 5 aromatic rings. The van der Waals surface area contributed by atoms with E-state index in [2.05, 4.69) is 24.3 Å². The Morgan fingerprint density at radius 2 is 1.71 bits per heavy atom. The van der Waals surface area contributed by atoms with Crippen LogP contribution in [0.5, 0.6) is 17.2 Å². The third kappa shape index (κ3) is 6.84. The van der Waals surface area contributed by atoms with Crippen molar-refractivity contribution in [1.82, 2.24) is 9.66 Å². The Morgan fingerprint density at radius 3 is 2.42 bits per heavy atom. The molecule has 9 nitrogen and oxygen atoms in total. The van der Waals surface area contributed by atoms with E-state index < -0.39 is 0 Å². The Bertz CT molecular complexity index is 1950. The van der Waals surface area contributed by atoms with E-state index in [9.17, 15) is 9.59 Å². The van der Waals surface area contributed by atoms with Crippen molar-refractivity contribution >= 4 is 40.3 Å². The number of benzene rings is 4. The van der Waals surface area contributed by atoms with Crippen LogP contribution in [0.2, 0.25) is 5.02 Å². The second-order valence-corrected chi connectivity index (χ2v) is 11.0. The zero-order valence-electron chi connectivity index (χ0n) is 25.6. The van der Waals surface area contributed by atoms with E-state index in [1.807, 2.05) is 43.3 Å². The highest BCUT2D eigenvalue weighted by molar-refractivity contribution is 6.32. The number of hydrogen-bond acceptors (Lipinski definition) is 7. The molecule has 0 saturated heterocycles. The van der Waals surface area contributed by atoms with Crippen molar-refractivity contribution in [2.45, 2.75) is 26.7 Å². The lowest BCUT2D eigenvalue weighted by Gasteiger charge is -2.17. The molecule has 0 bridgehead atoms. The van der Waals surface area contributed by atoms with Gasteiger partial charge < -0.3 is 19.5 Å². The van der Waals surface area contributed by atoms with Crippen LogP contribution in [-0.4, -0.2) is 42.6 Å². The second kappa shape index (κ2) is 13.7. The second-order valence-electron chi connectivity index (χ2n) is 10.6. The van der Waals surface area contributed by atoms with Crippen LogP contribution in [0.4, 0.5) is 5.69 Å². The molecule has 4 aromatic carbocycles. The molecule has 0 saturated carbocycles. The smallest absolute Gasteiger partial charge is 0.282 e. The number of para-hydroxylation sites is 2. The molecule has 0 aliphatic rings. The SMILES string of the molecule is COc1cc(C)c(-c2nc3ccccc3c(=O)n2N=Cc2cc(Cl)c(OCC(=O)Nc3ccccc3)c(OC)c2)cc1C(C)C. The number of carbonyl (C=O) groups is 1. The lowest BCUT2D eigenvalue weighted by molar-refractivity contribution is -0.118. The van der Waals surface area contributed by atoms with Crippen LogP contribution in [0.1, 0.15) is 36.5 Å². The minimum absolute atomic E-state index is 0.170. The van der Waals surface area contributed by atoms with Gasteiger partial charge in [-0.25, -0.2) is 4.98 Å². The third-order valence-corrected chi connectivity index (χ3v) is 7.45. The van der Waals surface area contributed by atoms with Crippen molar-refractivity contribution in [1.29, 1.82) is 0 Å². The fraction of sp³-hybridized carbons (Fsp3) is 0.200. The van der Waals surface area contributed by atoms with Gasteiger partial charge in [-0.3, -0.25) is 9.59 Å². The van der Waals surface area contributed by atoms with Gasteiger partial charge in [-0.15, -0.1) is 0 Å². The van der Waals surface area contributed by atoms with Gasteiger partial charge in [0.2, 0.25) is 0 Å². The van der Waals surface area contributed by atoms with Crippen molar-refractivity contribution in [3.05, 3.63) is 111 Å². The van der Waals surface area contributed by atoms with E-state index in [0.29, 0.717) is 33.7 Å². The minimum Gasteiger partial charge on any atom is -0.496 e. The lowest BCUT2D eigenvalue weighted by Crippen LogP contribution is -2.21. The van der Waals surface area contributed by atoms with E-state index in [1.54, 1.807) is 49.6 Å². The summed E-state index contributed by atoms with van der Waals surface area (Å²) in [6, 6.07) is 23.4. The average Bonchev–Trinajstić information content (AvgIpc) is 3.03. The van der Waals surface area contributed by atoms with Gasteiger partial charge in [0.05, 0.1) is 36.4 Å². The molecule has 45 heavy (non-hydrogen) atoms. The van der Waals surface area contributed by atoms with E-state index in [0.717, 1.165) is 22.4 Å². The Labute approximate surface area is 266 Å². The maximum absolute atomic E-state index is 13.8. The van der Waals surface area contributed by atoms with Gasteiger partial charge in [0, 0.05) is 11.3 Å². The van der Waals surface area contributed by atoms with Gasteiger partial charge in [0.1, 0.15) is 5.75 Å². The minimum atomic E-state index is -0.352. The van der Waals surface area contributed by atoms with Crippen molar-refractivity contribution < 1.29 is 19.0 Å². The number of amides is 1. The molecule has 10 heteroatoms. The summed E-state index contributed by atoms with van der Waals surface area (Å²) in [5.41, 5.74) is 4.05. The van der Waals surface area contributed by atoms with Crippen LogP contribution in [0.15, 0.2) is 88.8 Å². The topological polar surface area (TPSA) is 104 Å². The summed E-state index contributed by atoms with van der Waals surface area (Å²) in [5.74, 6) is 1.48. The number of methoxy groups -OCH3 is 2. The molecule has 1 heterocycles. The number of carbonyl (C=O) groups excluding carboxylic acids is 1. The molecule has 0 fully saturated rings. The quantitative estimate of drug-likeness (QED) is 0.167. The van der Waals surface area contributed by atoms with Gasteiger partial charge in [-0.2, -0.15) is 9.78 Å².